The number of nitrogens with zero attached hydrogens (tertiary/aromatic N) is 2. The molecule has 7 nitrogen and oxygen atoms in total. The van der Waals surface area contributed by atoms with Crippen molar-refractivity contribution in [1.82, 2.24) is 9.88 Å². The molecule has 0 spiro atoms. The first-order valence-electron chi connectivity index (χ1n) is 8.77. The van der Waals surface area contributed by atoms with Crippen LogP contribution in [-0.4, -0.2) is 40.8 Å². The summed E-state index contributed by atoms with van der Waals surface area (Å²) in [6, 6.07) is 4.58. The zero-order valence-electron chi connectivity index (χ0n) is 15.0. The molecule has 1 fully saturated rings. The lowest BCUT2D eigenvalue weighted by atomic mass is 9.85. The van der Waals surface area contributed by atoms with Crippen LogP contribution in [0.3, 0.4) is 0 Å². The molecular formula is C19H19N3O4S. The average molecular weight is 385 g/mol. The van der Waals surface area contributed by atoms with E-state index in [2.05, 4.69) is 10.3 Å². The highest BCUT2D eigenvalue weighted by molar-refractivity contribution is 7.22. The maximum absolute atomic E-state index is 12.7. The number of methoxy groups -OCH3 is 1. The van der Waals surface area contributed by atoms with Gasteiger partial charge in [-0.05, 0) is 38.0 Å². The Labute approximate surface area is 160 Å². The van der Waals surface area contributed by atoms with E-state index in [0.29, 0.717) is 23.7 Å². The summed E-state index contributed by atoms with van der Waals surface area (Å²) in [4.78, 5) is 43.4. The number of carbonyl (C=O) groups excluding carboxylic acids is 3. The first-order valence-corrected chi connectivity index (χ1v) is 9.58. The fourth-order valence-electron chi connectivity index (χ4n) is 3.62. The van der Waals surface area contributed by atoms with E-state index in [0.717, 1.165) is 15.1 Å². The third kappa shape index (κ3) is 2.99. The van der Waals surface area contributed by atoms with E-state index in [4.69, 9.17) is 4.74 Å². The highest BCUT2D eigenvalue weighted by Gasteiger charge is 2.50. The monoisotopic (exact) mass is 385 g/mol. The molecule has 0 radical (unpaired) electrons. The number of likely N-dealkylation sites (tertiary alicyclic amines) is 1. The van der Waals surface area contributed by atoms with Gasteiger partial charge in [0, 0.05) is 0 Å². The Morgan fingerprint density at radius 1 is 1.26 bits per heavy atom. The second kappa shape index (κ2) is 6.77. The molecule has 8 heteroatoms. The van der Waals surface area contributed by atoms with Crippen LogP contribution in [0.15, 0.2) is 30.4 Å². The second-order valence-electron chi connectivity index (χ2n) is 6.72. The lowest BCUT2D eigenvalue weighted by Gasteiger charge is -2.21. The van der Waals surface area contributed by atoms with Crippen LogP contribution in [0.1, 0.15) is 19.8 Å². The van der Waals surface area contributed by atoms with Crippen molar-refractivity contribution in [2.24, 2.45) is 11.8 Å². The first-order chi connectivity index (χ1) is 13.0. The number of imide groups is 1. The number of ether oxygens (including phenoxy) is 1. The molecule has 1 aromatic heterocycles. The summed E-state index contributed by atoms with van der Waals surface area (Å²) in [6.45, 7) is 1.58. The van der Waals surface area contributed by atoms with Gasteiger partial charge in [-0.25, -0.2) is 4.98 Å². The van der Waals surface area contributed by atoms with E-state index >= 15 is 0 Å². The van der Waals surface area contributed by atoms with Crippen LogP contribution >= 0.6 is 11.3 Å². The predicted molar refractivity (Wildman–Crippen MR) is 101 cm³/mol. The zero-order chi connectivity index (χ0) is 19.1. The van der Waals surface area contributed by atoms with E-state index in [9.17, 15) is 14.4 Å². The summed E-state index contributed by atoms with van der Waals surface area (Å²) in [7, 11) is 1.59. The standard InChI is InChI=1S/C19H19N3O4S/c1-10(22-17(24)12-5-3-4-6-13(12)18(22)25)16(23)21-19-20-14-8-7-11(26-2)9-15(14)27-19/h3-4,7-10,12-13H,5-6H2,1-2H3,(H,20,21,23)/t10-,12-,13+/m1/s1. The summed E-state index contributed by atoms with van der Waals surface area (Å²) in [6.07, 6.45) is 4.96. The number of amides is 3. The van der Waals surface area contributed by atoms with Crippen LogP contribution in [0.5, 0.6) is 5.75 Å². The minimum absolute atomic E-state index is 0.258. The summed E-state index contributed by atoms with van der Waals surface area (Å²) >= 11 is 1.32. The number of thiazole rings is 1. The molecule has 0 unspecified atom stereocenters. The molecule has 2 aromatic rings. The van der Waals surface area contributed by atoms with Gasteiger partial charge in [-0.3, -0.25) is 19.3 Å². The fraction of sp³-hybridized carbons (Fsp3) is 0.368. The minimum Gasteiger partial charge on any atom is -0.497 e. The van der Waals surface area contributed by atoms with Crippen LogP contribution in [0.2, 0.25) is 0 Å². The van der Waals surface area contributed by atoms with Crippen molar-refractivity contribution >= 4 is 44.4 Å². The van der Waals surface area contributed by atoms with Crippen molar-refractivity contribution in [2.45, 2.75) is 25.8 Å². The molecule has 0 saturated carbocycles. The quantitative estimate of drug-likeness (QED) is 0.646. The van der Waals surface area contributed by atoms with Crippen molar-refractivity contribution in [3.63, 3.8) is 0 Å². The van der Waals surface area contributed by atoms with Gasteiger partial charge in [0.2, 0.25) is 17.7 Å². The Hall–Kier alpha value is -2.74. The van der Waals surface area contributed by atoms with Gasteiger partial charge < -0.3 is 10.1 Å². The molecule has 2 heterocycles. The van der Waals surface area contributed by atoms with Gasteiger partial charge in [0.05, 0.1) is 29.2 Å². The smallest absolute Gasteiger partial charge is 0.249 e. The van der Waals surface area contributed by atoms with Gasteiger partial charge in [0.25, 0.3) is 0 Å². The van der Waals surface area contributed by atoms with Gasteiger partial charge in [-0.15, -0.1) is 0 Å². The van der Waals surface area contributed by atoms with Crippen LogP contribution < -0.4 is 10.1 Å². The van der Waals surface area contributed by atoms with E-state index in [1.165, 1.54) is 11.3 Å². The van der Waals surface area contributed by atoms with Crippen molar-refractivity contribution < 1.29 is 19.1 Å². The number of nitrogens with one attached hydrogen (secondary N) is 1. The van der Waals surface area contributed by atoms with Crippen molar-refractivity contribution in [1.29, 1.82) is 0 Å². The molecule has 1 aliphatic carbocycles. The molecule has 3 amide bonds. The minimum atomic E-state index is -0.878. The van der Waals surface area contributed by atoms with Gasteiger partial charge in [0.1, 0.15) is 11.8 Å². The normalized spacial score (nSPS) is 22.8. The van der Waals surface area contributed by atoms with E-state index < -0.39 is 11.9 Å². The van der Waals surface area contributed by atoms with E-state index in [1.807, 2.05) is 24.3 Å². The van der Waals surface area contributed by atoms with Gasteiger partial charge in [0.15, 0.2) is 5.13 Å². The van der Waals surface area contributed by atoms with Crippen LogP contribution in [0.4, 0.5) is 5.13 Å². The first kappa shape index (κ1) is 17.7. The van der Waals surface area contributed by atoms with Gasteiger partial charge >= 0.3 is 0 Å². The number of benzene rings is 1. The van der Waals surface area contributed by atoms with E-state index in [1.54, 1.807) is 20.1 Å². The predicted octanol–water partition coefficient (Wildman–Crippen LogP) is 2.58. The summed E-state index contributed by atoms with van der Waals surface area (Å²) in [5.41, 5.74) is 0.745. The van der Waals surface area contributed by atoms with Crippen LogP contribution in [0, 0.1) is 11.8 Å². The largest absolute Gasteiger partial charge is 0.497 e. The van der Waals surface area contributed by atoms with Gasteiger partial charge in [-0.1, -0.05) is 23.5 Å². The Kier molecular flexibility index (Phi) is 4.43. The lowest BCUT2D eigenvalue weighted by molar-refractivity contribution is -0.146. The van der Waals surface area contributed by atoms with Crippen LogP contribution in [-0.2, 0) is 14.4 Å². The molecule has 3 atom stereocenters. The Bertz CT molecular complexity index is 941. The molecule has 140 valence electrons. The molecule has 1 aromatic carbocycles. The molecule has 1 aliphatic heterocycles. The number of hydrogen-bond donors (Lipinski definition) is 1. The molecule has 1 N–H and O–H groups in total. The van der Waals surface area contributed by atoms with Gasteiger partial charge in [-0.2, -0.15) is 0 Å². The Morgan fingerprint density at radius 3 is 2.56 bits per heavy atom. The summed E-state index contributed by atoms with van der Waals surface area (Å²) in [5.74, 6) is -0.909. The highest BCUT2D eigenvalue weighted by Crippen LogP contribution is 2.36. The van der Waals surface area contributed by atoms with Crippen molar-refractivity contribution in [3.05, 3.63) is 30.4 Å². The number of rotatable bonds is 4. The number of anilines is 1. The molecule has 0 bridgehead atoms. The SMILES string of the molecule is COc1ccc2nc(NC(=O)[C@@H](C)N3C(=O)[C@H]4CC=CC[C@H]4C3=O)sc2c1. The summed E-state index contributed by atoms with van der Waals surface area (Å²) < 4.78 is 6.07. The zero-order valence-corrected chi connectivity index (χ0v) is 15.8. The van der Waals surface area contributed by atoms with E-state index in [-0.39, 0.29) is 23.7 Å². The van der Waals surface area contributed by atoms with Crippen molar-refractivity contribution in [2.75, 3.05) is 12.4 Å². The lowest BCUT2D eigenvalue weighted by Crippen LogP contribution is -2.46. The number of fused-ring (bicyclic) bond motifs is 2. The molecular weight excluding hydrogens is 366 g/mol. The third-order valence-corrected chi connectivity index (χ3v) is 6.07. The maximum atomic E-state index is 12.7. The Morgan fingerprint density at radius 2 is 1.93 bits per heavy atom. The second-order valence-corrected chi connectivity index (χ2v) is 7.75. The third-order valence-electron chi connectivity index (χ3n) is 5.13. The molecule has 1 saturated heterocycles. The average Bonchev–Trinajstić information content (AvgIpc) is 3.19. The van der Waals surface area contributed by atoms with Crippen molar-refractivity contribution in [3.8, 4) is 5.75 Å². The molecule has 27 heavy (non-hydrogen) atoms. The topological polar surface area (TPSA) is 88.6 Å². The Balaban J connectivity index is 1.51. The molecule has 4 rings (SSSR count). The maximum Gasteiger partial charge on any atom is 0.249 e. The van der Waals surface area contributed by atoms with Crippen LogP contribution in [0.25, 0.3) is 10.2 Å². The number of hydrogen-bond acceptors (Lipinski definition) is 6. The summed E-state index contributed by atoms with van der Waals surface area (Å²) in [5, 5.41) is 3.16. The molecule has 2 aliphatic rings. The fourth-order valence-corrected chi connectivity index (χ4v) is 4.52. The number of allylic oxidation sites excluding steroid dienone is 2. The number of carbonyl (C=O) groups is 3. The number of aromatic nitrogens is 1. The highest BCUT2D eigenvalue weighted by atomic mass is 32.1.